The zero-order chi connectivity index (χ0) is 21.3. The molecule has 0 aliphatic rings. The first-order valence-corrected chi connectivity index (χ1v) is 9.53. The topological polar surface area (TPSA) is 87.5 Å². The standard InChI is InChI=1S/C22H12BrFN5O/c1-29-22-17(3-2-6-27-22)19(28-29)10-15-4-5-18(23)21(20(15)24)30-16-8-13(11-25)7-14(9-16)12-26/h2-9H,1,10H2. The van der Waals surface area contributed by atoms with Crippen LogP contribution in [0.25, 0.3) is 11.0 Å². The summed E-state index contributed by atoms with van der Waals surface area (Å²) in [5, 5.41) is 23.4. The number of nitriles is 2. The van der Waals surface area contributed by atoms with Crippen LogP contribution in [-0.4, -0.2) is 14.8 Å². The lowest BCUT2D eigenvalue weighted by molar-refractivity contribution is 0.436. The highest BCUT2D eigenvalue weighted by molar-refractivity contribution is 9.10. The number of pyridine rings is 1. The Bertz CT molecular complexity index is 1330. The lowest BCUT2D eigenvalue weighted by Crippen LogP contribution is -1.99. The van der Waals surface area contributed by atoms with E-state index in [-0.39, 0.29) is 29.0 Å². The van der Waals surface area contributed by atoms with E-state index in [9.17, 15) is 0 Å². The van der Waals surface area contributed by atoms with E-state index in [0.29, 0.717) is 21.4 Å². The SMILES string of the molecule is [CH2]n1nc(Cc2ccc(Br)c(Oc3cc(C#N)cc(C#N)c3)c2F)c2cccnc21. The third-order valence-electron chi connectivity index (χ3n) is 4.46. The van der Waals surface area contributed by atoms with Gasteiger partial charge in [0.2, 0.25) is 0 Å². The summed E-state index contributed by atoms with van der Waals surface area (Å²) in [6, 6.07) is 15.2. The van der Waals surface area contributed by atoms with E-state index in [4.69, 9.17) is 15.3 Å². The average Bonchev–Trinajstić information content (AvgIpc) is 3.08. The number of halogens is 2. The third-order valence-corrected chi connectivity index (χ3v) is 5.08. The van der Waals surface area contributed by atoms with Gasteiger partial charge >= 0.3 is 0 Å². The molecule has 0 bridgehead atoms. The zero-order valence-corrected chi connectivity index (χ0v) is 17.0. The van der Waals surface area contributed by atoms with Gasteiger partial charge in [0.15, 0.2) is 17.2 Å². The van der Waals surface area contributed by atoms with Crippen molar-refractivity contribution in [3.63, 3.8) is 0 Å². The molecule has 0 N–H and O–H groups in total. The van der Waals surface area contributed by atoms with Crippen LogP contribution in [0.3, 0.4) is 0 Å². The molecule has 0 aliphatic heterocycles. The molecule has 4 aromatic rings. The van der Waals surface area contributed by atoms with Crippen LogP contribution < -0.4 is 4.74 Å². The molecule has 0 aliphatic carbocycles. The molecule has 2 heterocycles. The monoisotopic (exact) mass is 460 g/mol. The minimum atomic E-state index is -0.569. The highest BCUT2D eigenvalue weighted by atomic mass is 79.9. The lowest BCUT2D eigenvalue weighted by Gasteiger charge is -2.12. The maximum atomic E-state index is 15.3. The largest absolute Gasteiger partial charge is 0.453 e. The fraction of sp³-hybridized carbons (Fsp3) is 0.0455. The van der Waals surface area contributed by atoms with E-state index in [1.54, 1.807) is 24.4 Å². The van der Waals surface area contributed by atoms with Crippen LogP contribution in [-0.2, 0) is 6.42 Å². The van der Waals surface area contributed by atoms with Crippen molar-refractivity contribution in [3.8, 4) is 23.6 Å². The molecular formula is C22H12BrFN5O. The number of aromatic nitrogens is 3. The van der Waals surface area contributed by atoms with Crippen LogP contribution in [0.15, 0.2) is 53.1 Å². The number of ether oxygens (including phenoxy) is 1. The predicted molar refractivity (Wildman–Crippen MR) is 111 cm³/mol. The fourth-order valence-electron chi connectivity index (χ4n) is 3.09. The van der Waals surface area contributed by atoms with E-state index in [1.165, 1.54) is 22.9 Å². The van der Waals surface area contributed by atoms with Gasteiger partial charge in [0, 0.05) is 18.0 Å². The van der Waals surface area contributed by atoms with Gasteiger partial charge in [-0.1, -0.05) is 6.07 Å². The first kappa shape index (κ1) is 19.6. The molecule has 2 aromatic heterocycles. The molecule has 0 saturated heterocycles. The van der Waals surface area contributed by atoms with Crippen LogP contribution in [0.1, 0.15) is 22.4 Å². The van der Waals surface area contributed by atoms with Crippen molar-refractivity contribution in [1.29, 1.82) is 10.5 Å². The Labute approximate surface area is 179 Å². The molecule has 0 atom stereocenters. The first-order valence-electron chi connectivity index (χ1n) is 8.73. The maximum Gasteiger partial charge on any atom is 0.177 e. The number of hydrogen-bond donors (Lipinski definition) is 0. The number of benzene rings is 2. The summed E-state index contributed by atoms with van der Waals surface area (Å²) in [5.41, 5.74) is 2.11. The van der Waals surface area contributed by atoms with Crippen molar-refractivity contribution in [2.24, 2.45) is 0 Å². The number of rotatable bonds is 4. The van der Waals surface area contributed by atoms with Gasteiger partial charge in [-0.05, 0) is 57.9 Å². The molecule has 4 rings (SSSR count). The normalized spacial score (nSPS) is 10.6. The Hall–Kier alpha value is -3.75. The van der Waals surface area contributed by atoms with Crippen LogP contribution in [0.4, 0.5) is 4.39 Å². The van der Waals surface area contributed by atoms with Crippen molar-refractivity contribution in [2.45, 2.75) is 6.42 Å². The molecule has 6 nitrogen and oxygen atoms in total. The Morgan fingerprint density at radius 2 is 1.87 bits per heavy atom. The molecule has 8 heteroatoms. The Kier molecular flexibility index (Phi) is 5.18. The molecule has 0 unspecified atom stereocenters. The highest BCUT2D eigenvalue weighted by Gasteiger charge is 2.18. The first-order chi connectivity index (χ1) is 14.5. The van der Waals surface area contributed by atoms with Gasteiger partial charge in [0.25, 0.3) is 0 Å². The number of hydrogen-bond acceptors (Lipinski definition) is 5. The van der Waals surface area contributed by atoms with E-state index in [0.717, 1.165) is 5.39 Å². The van der Waals surface area contributed by atoms with Crippen LogP contribution in [0.5, 0.6) is 11.5 Å². The quantitative estimate of drug-likeness (QED) is 0.422. The molecule has 145 valence electrons. The predicted octanol–water partition coefficient (Wildman–Crippen LogP) is 5.10. The second kappa shape index (κ2) is 7.94. The summed E-state index contributed by atoms with van der Waals surface area (Å²) in [6.45, 7) is 0. The number of nitrogens with zero attached hydrogens (tertiary/aromatic N) is 5. The van der Waals surface area contributed by atoms with Crippen LogP contribution in [0.2, 0.25) is 0 Å². The maximum absolute atomic E-state index is 15.3. The summed E-state index contributed by atoms with van der Waals surface area (Å²) in [7, 11) is 3.82. The van der Waals surface area contributed by atoms with Crippen LogP contribution >= 0.6 is 15.9 Å². The summed E-state index contributed by atoms with van der Waals surface area (Å²) < 4.78 is 22.9. The minimum absolute atomic E-state index is 0.0389. The van der Waals surface area contributed by atoms with Gasteiger partial charge in [-0.2, -0.15) is 15.6 Å². The van der Waals surface area contributed by atoms with Gasteiger partial charge < -0.3 is 4.74 Å². The van der Waals surface area contributed by atoms with Crippen LogP contribution in [0, 0.1) is 35.5 Å². The van der Waals surface area contributed by atoms with Gasteiger partial charge in [-0.15, -0.1) is 0 Å². The molecule has 1 radical (unpaired) electrons. The molecular weight excluding hydrogens is 449 g/mol. The van der Waals surface area contributed by atoms with E-state index in [1.807, 2.05) is 18.2 Å². The van der Waals surface area contributed by atoms with Crippen molar-refractivity contribution < 1.29 is 9.13 Å². The van der Waals surface area contributed by atoms with Crippen molar-refractivity contribution >= 4 is 27.0 Å². The minimum Gasteiger partial charge on any atom is -0.453 e. The smallest absolute Gasteiger partial charge is 0.177 e. The molecule has 0 amide bonds. The van der Waals surface area contributed by atoms with E-state index < -0.39 is 5.82 Å². The second-order valence-corrected chi connectivity index (χ2v) is 7.27. The average molecular weight is 461 g/mol. The molecule has 0 fully saturated rings. The lowest BCUT2D eigenvalue weighted by atomic mass is 10.1. The Morgan fingerprint density at radius 1 is 1.13 bits per heavy atom. The van der Waals surface area contributed by atoms with Gasteiger partial charge in [0.05, 0.1) is 40.5 Å². The molecule has 0 saturated carbocycles. The summed E-state index contributed by atoms with van der Waals surface area (Å²) in [4.78, 5) is 4.24. The Balaban J connectivity index is 1.73. The van der Waals surface area contributed by atoms with Gasteiger partial charge in [-0.25, -0.2) is 14.1 Å². The zero-order valence-electron chi connectivity index (χ0n) is 15.4. The third kappa shape index (κ3) is 3.61. The van der Waals surface area contributed by atoms with E-state index >= 15 is 4.39 Å². The summed E-state index contributed by atoms with van der Waals surface area (Å²) >= 11 is 3.30. The van der Waals surface area contributed by atoms with Crippen molar-refractivity contribution in [1.82, 2.24) is 14.8 Å². The van der Waals surface area contributed by atoms with Crippen molar-refractivity contribution in [2.75, 3.05) is 0 Å². The Morgan fingerprint density at radius 3 is 2.57 bits per heavy atom. The molecule has 30 heavy (non-hydrogen) atoms. The van der Waals surface area contributed by atoms with Crippen molar-refractivity contribution in [3.05, 3.63) is 88.4 Å². The van der Waals surface area contributed by atoms with Gasteiger partial charge in [-0.3, -0.25) is 0 Å². The molecule has 2 aromatic carbocycles. The summed E-state index contributed by atoms with van der Waals surface area (Å²) in [5.74, 6) is -0.414. The van der Waals surface area contributed by atoms with Gasteiger partial charge in [0.1, 0.15) is 5.75 Å². The second-order valence-electron chi connectivity index (χ2n) is 6.42. The summed E-state index contributed by atoms with van der Waals surface area (Å²) in [6.07, 6.45) is 1.86. The van der Waals surface area contributed by atoms with E-state index in [2.05, 4.69) is 33.1 Å². The molecule has 0 spiro atoms. The highest BCUT2D eigenvalue weighted by Crippen LogP contribution is 2.36. The number of fused-ring (bicyclic) bond motifs is 1. The fourth-order valence-corrected chi connectivity index (χ4v) is 3.48.